The van der Waals surface area contributed by atoms with E-state index in [0.717, 1.165) is 21.4 Å². The third-order valence-corrected chi connectivity index (χ3v) is 10.3. The maximum atomic E-state index is 14.4. The number of fused-ring (bicyclic) bond motifs is 2. The SMILES string of the molecule is C#CCN(C(=O)NCc1ccc(F)cc1)N1CC(=O)N2C(Cc3ccc(NC(=O)OCc4ccccc4)cc3)C(=O)N(Cc3cccc4sc(N)nc34)C[C@@H]21. The van der Waals surface area contributed by atoms with E-state index in [1.54, 1.807) is 46.3 Å². The monoisotopic (exact) mass is 760 g/mol. The number of hydrazine groups is 1. The number of piperazine rings is 1. The van der Waals surface area contributed by atoms with E-state index in [0.29, 0.717) is 21.9 Å². The van der Waals surface area contributed by atoms with Crippen molar-refractivity contribution >= 4 is 56.3 Å². The first kappa shape index (κ1) is 36.8. The van der Waals surface area contributed by atoms with E-state index >= 15 is 0 Å². The van der Waals surface area contributed by atoms with Gasteiger partial charge in [0.2, 0.25) is 11.8 Å². The van der Waals surface area contributed by atoms with Gasteiger partial charge in [-0.2, -0.15) is 5.01 Å². The molecule has 5 amide bonds. The Morgan fingerprint density at radius 3 is 2.47 bits per heavy atom. The summed E-state index contributed by atoms with van der Waals surface area (Å²) in [5.41, 5.74) is 10.3. The minimum atomic E-state index is -0.930. The number of amides is 5. The first-order valence-electron chi connectivity index (χ1n) is 17.5. The van der Waals surface area contributed by atoms with Crippen molar-refractivity contribution in [3.63, 3.8) is 0 Å². The van der Waals surface area contributed by atoms with Gasteiger partial charge in [0.1, 0.15) is 24.6 Å². The molecule has 2 saturated heterocycles. The molecule has 13 nitrogen and oxygen atoms in total. The number of benzene rings is 4. The predicted octanol–water partition coefficient (Wildman–Crippen LogP) is 4.95. The molecule has 5 aromatic rings. The lowest BCUT2D eigenvalue weighted by molar-refractivity contribution is -0.157. The van der Waals surface area contributed by atoms with Crippen LogP contribution in [0.2, 0.25) is 0 Å². The van der Waals surface area contributed by atoms with E-state index in [9.17, 15) is 23.6 Å². The Bertz CT molecular complexity index is 2250. The van der Waals surface area contributed by atoms with Crippen molar-refractivity contribution in [1.29, 1.82) is 0 Å². The van der Waals surface area contributed by atoms with E-state index in [4.69, 9.17) is 16.9 Å². The second-order valence-electron chi connectivity index (χ2n) is 13.1. The number of anilines is 2. The molecule has 0 aliphatic carbocycles. The van der Waals surface area contributed by atoms with Crippen LogP contribution in [0.4, 0.5) is 24.8 Å². The summed E-state index contributed by atoms with van der Waals surface area (Å²) < 4.78 is 19.7. The summed E-state index contributed by atoms with van der Waals surface area (Å²) in [5, 5.41) is 8.84. The zero-order valence-electron chi connectivity index (χ0n) is 29.6. The molecule has 1 aromatic heterocycles. The van der Waals surface area contributed by atoms with E-state index in [1.165, 1.54) is 33.4 Å². The number of urea groups is 1. The standard InChI is InChI=1S/C40H37FN8O5S/c1-2-19-47(39(52)43-21-27-11-15-30(41)16-12-27)48-24-35(50)49-32(20-26-13-17-31(18-14-26)44-40(53)54-25-28-7-4-3-5-8-28)37(51)46(23-34(48)49)22-29-9-6-10-33-36(29)45-38(42)55-33/h1,3-18,32,34H,19-25H2,(H2,42,45)(H,43,52)(H,44,53)/t32?,34-/m1/s1. The van der Waals surface area contributed by atoms with Crippen LogP contribution >= 0.6 is 11.3 Å². The molecule has 2 fully saturated rings. The maximum absolute atomic E-state index is 14.4. The lowest BCUT2D eigenvalue weighted by Gasteiger charge is -2.46. The average molecular weight is 761 g/mol. The Hall–Kier alpha value is -6.50. The Morgan fingerprint density at radius 1 is 0.982 bits per heavy atom. The first-order chi connectivity index (χ1) is 26.7. The van der Waals surface area contributed by atoms with Crippen molar-refractivity contribution in [3.8, 4) is 12.3 Å². The van der Waals surface area contributed by atoms with Crippen molar-refractivity contribution < 1.29 is 28.3 Å². The number of nitrogen functional groups attached to an aromatic ring is 1. The number of ether oxygens (including phenoxy) is 1. The minimum absolute atomic E-state index is 0.0807. The van der Waals surface area contributed by atoms with Crippen molar-refractivity contribution in [2.24, 2.45) is 0 Å². The smallest absolute Gasteiger partial charge is 0.411 e. The lowest BCUT2D eigenvalue weighted by Crippen LogP contribution is -2.66. The highest BCUT2D eigenvalue weighted by Crippen LogP contribution is 2.32. The highest BCUT2D eigenvalue weighted by Gasteiger charge is 2.52. The maximum Gasteiger partial charge on any atom is 0.411 e. The van der Waals surface area contributed by atoms with Gasteiger partial charge in [-0.3, -0.25) is 14.9 Å². The van der Waals surface area contributed by atoms with Gasteiger partial charge >= 0.3 is 12.1 Å². The van der Waals surface area contributed by atoms with Crippen LogP contribution in [0.15, 0.2) is 97.1 Å². The van der Waals surface area contributed by atoms with Crippen LogP contribution in [0.25, 0.3) is 10.2 Å². The third-order valence-electron chi connectivity index (χ3n) is 9.43. The van der Waals surface area contributed by atoms with E-state index in [-0.39, 0.29) is 57.6 Å². The van der Waals surface area contributed by atoms with Gasteiger partial charge in [-0.05, 0) is 52.6 Å². The number of carbonyl (C=O) groups is 4. The summed E-state index contributed by atoms with van der Waals surface area (Å²) in [4.78, 5) is 62.1. The van der Waals surface area contributed by atoms with Crippen LogP contribution in [0.5, 0.6) is 0 Å². The molecule has 0 spiro atoms. The van der Waals surface area contributed by atoms with Crippen LogP contribution in [-0.2, 0) is 40.4 Å². The van der Waals surface area contributed by atoms with E-state index < -0.39 is 30.1 Å². The number of rotatable bonds is 11. The van der Waals surface area contributed by atoms with Gasteiger partial charge in [0.05, 0.1) is 29.9 Å². The Labute approximate surface area is 320 Å². The van der Waals surface area contributed by atoms with Crippen LogP contribution in [0.1, 0.15) is 22.3 Å². The number of halogens is 1. The number of nitrogens with zero attached hydrogens (tertiary/aromatic N) is 5. The van der Waals surface area contributed by atoms with Crippen LogP contribution in [0.3, 0.4) is 0 Å². The molecule has 4 aromatic carbocycles. The first-order valence-corrected chi connectivity index (χ1v) is 18.3. The normalized spacial score (nSPS) is 16.8. The van der Waals surface area contributed by atoms with E-state index in [1.807, 2.05) is 48.5 Å². The molecule has 0 bridgehead atoms. The molecule has 15 heteroatoms. The topological polar surface area (TPSA) is 153 Å². The van der Waals surface area contributed by atoms with Gasteiger partial charge in [-0.25, -0.2) is 24.0 Å². The number of nitrogens with two attached hydrogens (primary N) is 1. The van der Waals surface area contributed by atoms with Gasteiger partial charge in [0.25, 0.3) is 0 Å². The summed E-state index contributed by atoms with van der Waals surface area (Å²) in [6.07, 6.45) is 4.54. The number of aromatic nitrogens is 1. The highest BCUT2D eigenvalue weighted by molar-refractivity contribution is 7.22. The fourth-order valence-electron chi connectivity index (χ4n) is 6.81. The van der Waals surface area contributed by atoms with Gasteiger partial charge < -0.3 is 25.6 Å². The minimum Gasteiger partial charge on any atom is -0.444 e. The Morgan fingerprint density at radius 2 is 1.73 bits per heavy atom. The number of carbonyl (C=O) groups excluding carboxylic acids is 4. The molecule has 0 radical (unpaired) electrons. The summed E-state index contributed by atoms with van der Waals surface area (Å²) in [7, 11) is 0. The number of hydrogen-bond donors (Lipinski definition) is 3. The molecule has 280 valence electrons. The van der Waals surface area contributed by atoms with Gasteiger partial charge in [0, 0.05) is 25.2 Å². The van der Waals surface area contributed by atoms with Gasteiger partial charge in [0.15, 0.2) is 5.13 Å². The summed E-state index contributed by atoms with van der Waals surface area (Å²) >= 11 is 1.35. The van der Waals surface area contributed by atoms with Gasteiger partial charge in [-0.1, -0.05) is 84.0 Å². The van der Waals surface area contributed by atoms with Crippen molar-refractivity contribution in [3.05, 3.63) is 125 Å². The Kier molecular flexibility index (Phi) is 10.9. The van der Waals surface area contributed by atoms with Gasteiger partial charge in [-0.15, -0.1) is 6.42 Å². The highest BCUT2D eigenvalue weighted by atomic mass is 32.1. The molecule has 7 rings (SSSR count). The number of hydrogen-bond acceptors (Lipinski definition) is 9. The molecule has 1 unspecified atom stereocenters. The fourth-order valence-corrected chi connectivity index (χ4v) is 7.59. The van der Waals surface area contributed by atoms with Crippen LogP contribution in [-0.4, -0.2) is 80.6 Å². The number of thiazole rings is 1. The van der Waals surface area contributed by atoms with E-state index in [2.05, 4.69) is 21.5 Å². The lowest BCUT2D eigenvalue weighted by atomic mass is 9.99. The zero-order valence-corrected chi connectivity index (χ0v) is 30.4. The Balaban J connectivity index is 1.12. The number of terminal acetylenes is 1. The molecule has 3 heterocycles. The molecular formula is C40H37FN8O5S. The zero-order chi connectivity index (χ0) is 38.5. The summed E-state index contributed by atoms with van der Waals surface area (Å²) in [6.45, 7) is 0.136. The quantitative estimate of drug-likeness (QED) is 0.160. The number of para-hydroxylation sites is 1. The molecule has 55 heavy (non-hydrogen) atoms. The molecular weight excluding hydrogens is 724 g/mol. The second-order valence-corrected chi connectivity index (χ2v) is 14.1. The molecule has 2 aliphatic rings. The molecule has 4 N–H and O–H groups in total. The fraction of sp³-hybridized carbons (Fsp3) is 0.225. The van der Waals surface area contributed by atoms with Crippen molar-refractivity contribution in [2.75, 3.05) is 30.7 Å². The number of nitrogens with one attached hydrogen (secondary N) is 2. The average Bonchev–Trinajstić information content (AvgIpc) is 3.74. The predicted molar refractivity (Wildman–Crippen MR) is 205 cm³/mol. The molecule has 2 atom stereocenters. The molecule has 2 aliphatic heterocycles. The second kappa shape index (κ2) is 16.3. The summed E-state index contributed by atoms with van der Waals surface area (Å²) in [5.74, 6) is 1.50. The molecule has 0 saturated carbocycles. The largest absolute Gasteiger partial charge is 0.444 e. The van der Waals surface area contributed by atoms with Crippen molar-refractivity contribution in [2.45, 2.75) is 38.3 Å². The van der Waals surface area contributed by atoms with Crippen LogP contribution in [0, 0.1) is 18.2 Å². The van der Waals surface area contributed by atoms with Crippen molar-refractivity contribution in [1.82, 2.24) is 30.1 Å². The van der Waals surface area contributed by atoms with Crippen LogP contribution < -0.4 is 16.4 Å². The summed E-state index contributed by atoms with van der Waals surface area (Å²) in [6, 6.07) is 26.2. The third kappa shape index (κ3) is 8.35.